The molecule has 1 N–H and O–H groups in total. The fourth-order valence-corrected chi connectivity index (χ4v) is 2.12. The summed E-state index contributed by atoms with van der Waals surface area (Å²) in [6.07, 6.45) is 1.75. The summed E-state index contributed by atoms with van der Waals surface area (Å²) in [5.41, 5.74) is 1.89. The highest BCUT2D eigenvalue weighted by atomic mass is 35.5. The maximum absolute atomic E-state index is 12.1. The van der Waals surface area contributed by atoms with Crippen LogP contribution in [0.1, 0.15) is 10.5 Å². The molecule has 2 aromatic carbocycles. The second-order valence-electron chi connectivity index (χ2n) is 4.45. The Kier molecular flexibility index (Phi) is 3.71. The average molecular weight is 298 g/mol. The molecule has 0 aliphatic rings. The number of halogens is 1. The molecule has 0 unspecified atom stereocenters. The fraction of sp³-hybridized carbons (Fsp3) is 0. The molecule has 1 amide bonds. The van der Waals surface area contributed by atoms with E-state index >= 15 is 0 Å². The zero-order valence-corrected chi connectivity index (χ0v) is 11.8. The summed E-state index contributed by atoms with van der Waals surface area (Å²) >= 11 is 5.89. The van der Waals surface area contributed by atoms with Crippen molar-refractivity contribution in [2.75, 3.05) is 5.32 Å². The van der Waals surface area contributed by atoms with Gasteiger partial charge in [0.1, 0.15) is 0 Å². The van der Waals surface area contributed by atoms with E-state index in [0.717, 1.165) is 5.69 Å². The number of nitrogens with one attached hydrogen (secondary N) is 1. The summed E-state index contributed by atoms with van der Waals surface area (Å²) in [7, 11) is 0. The quantitative estimate of drug-likeness (QED) is 0.800. The smallest absolute Gasteiger partial charge is 0.276 e. The van der Waals surface area contributed by atoms with E-state index in [1.807, 2.05) is 30.3 Å². The van der Waals surface area contributed by atoms with Crippen molar-refractivity contribution in [3.63, 3.8) is 0 Å². The maximum Gasteiger partial charge on any atom is 0.276 e. The Morgan fingerprint density at radius 3 is 2.62 bits per heavy atom. The number of aromatic nitrogens is 2. The van der Waals surface area contributed by atoms with E-state index in [1.54, 1.807) is 41.2 Å². The van der Waals surface area contributed by atoms with Crippen molar-refractivity contribution >= 4 is 23.2 Å². The molecule has 0 atom stereocenters. The third-order valence-electron chi connectivity index (χ3n) is 2.92. The number of hydrogen-bond donors (Lipinski definition) is 1. The van der Waals surface area contributed by atoms with Gasteiger partial charge in [0.15, 0.2) is 5.69 Å². The predicted molar refractivity (Wildman–Crippen MR) is 83.0 cm³/mol. The Balaban J connectivity index is 1.78. The fourth-order valence-electron chi connectivity index (χ4n) is 1.93. The third-order valence-corrected chi connectivity index (χ3v) is 3.16. The van der Waals surface area contributed by atoms with Crippen LogP contribution in [0.25, 0.3) is 5.69 Å². The lowest BCUT2D eigenvalue weighted by atomic mass is 10.3. The number of benzene rings is 2. The van der Waals surface area contributed by atoms with Crippen LogP contribution in [-0.4, -0.2) is 15.7 Å². The molecule has 5 heteroatoms. The monoisotopic (exact) mass is 297 g/mol. The summed E-state index contributed by atoms with van der Waals surface area (Å²) in [5.74, 6) is -0.271. The zero-order valence-electron chi connectivity index (χ0n) is 11.0. The molecule has 0 aliphatic heterocycles. The van der Waals surface area contributed by atoms with E-state index in [1.165, 1.54) is 0 Å². The Bertz CT molecular complexity index is 768. The Hall–Kier alpha value is -2.59. The molecule has 0 saturated heterocycles. The van der Waals surface area contributed by atoms with Crippen molar-refractivity contribution in [2.24, 2.45) is 0 Å². The van der Waals surface area contributed by atoms with Crippen LogP contribution >= 0.6 is 11.6 Å². The van der Waals surface area contributed by atoms with Gasteiger partial charge in [-0.25, -0.2) is 4.68 Å². The average Bonchev–Trinajstić information content (AvgIpc) is 2.98. The molecule has 0 fully saturated rings. The normalized spacial score (nSPS) is 10.3. The van der Waals surface area contributed by atoms with E-state index < -0.39 is 0 Å². The lowest BCUT2D eigenvalue weighted by Gasteiger charge is -2.03. The molecular formula is C16H12ClN3O. The molecule has 0 saturated carbocycles. The minimum Gasteiger partial charge on any atom is -0.321 e. The first-order chi connectivity index (χ1) is 10.2. The molecule has 0 spiro atoms. The molecule has 3 rings (SSSR count). The summed E-state index contributed by atoms with van der Waals surface area (Å²) in [6.45, 7) is 0. The number of anilines is 1. The topological polar surface area (TPSA) is 46.9 Å². The molecule has 1 aromatic heterocycles. The largest absolute Gasteiger partial charge is 0.321 e. The van der Waals surface area contributed by atoms with Crippen molar-refractivity contribution in [1.82, 2.24) is 9.78 Å². The molecule has 1 heterocycles. The number of carbonyl (C=O) groups is 1. The number of amides is 1. The second-order valence-corrected chi connectivity index (χ2v) is 4.88. The first-order valence-corrected chi connectivity index (χ1v) is 6.78. The van der Waals surface area contributed by atoms with Crippen molar-refractivity contribution in [3.05, 3.63) is 77.6 Å². The van der Waals surface area contributed by atoms with Crippen LogP contribution in [0.4, 0.5) is 5.69 Å². The highest BCUT2D eigenvalue weighted by Gasteiger charge is 2.10. The molecular weight excluding hydrogens is 286 g/mol. The number of para-hydroxylation sites is 1. The second kappa shape index (κ2) is 5.81. The van der Waals surface area contributed by atoms with Crippen LogP contribution in [0.3, 0.4) is 0 Å². The minimum absolute atomic E-state index is 0.271. The van der Waals surface area contributed by atoms with E-state index in [4.69, 9.17) is 11.6 Å². The number of nitrogens with zero attached hydrogens (tertiary/aromatic N) is 2. The van der Waals surface area contributed by atoms with Gasteiger partial charge >= 0.3 is 0 Å². The SMILES string of the molecule is O=C(Nc1cccc(Cl)c1)c1ccn(-c2ccccc2)n1. The van der Waals surface area contributed by atoms with E-state index in [-0.39, 0.29) is 5.91 Å². The molecule has 21 heavy (non-hydrogen) atoms. The van der Waals surface area contributed by atoms with Gasteiger partial charge in [-0.3, -0.25) is 4.79 Å². The molecule has 3 aromatic rings. The number of hydrogen-bond acceptors (Lipinski definition) is 2. The van der Waals surface area contributed by atoms with Crippen molar-refractivity contribution in [3.8, 4) is 5.69 Å². The minimum atomic E-state index is -0.271. The summed E-state index contributed by atoms with van der Waals surface area (Å²) in [6, 6.07) is 18.3. The molecule has 4 nitrogen and oxygen atoms in total. The van der Waals surface area contributed by atoms with Crippen LogP contribution in [0.2, 0.25) is 5.02 Å². The standard InChI is InChI=1S/C16H12ClN3O/c17-12-5-4-6-13(11-12)18-16(21)15-9-10-20(19-15)14-7-2-1-3-8-14/h1-11H,(H,18,21). The van der Waals surface area contributed by atoms with Gasteiger partial charge in [-0.2, -0.15) is 5.10 Å². The van der Waals surface area contributed by atoms with Crippen molar-refractivity contribution in [2.45, 2.75) is 0 Å². The number of carbonyl (C=O) groups excluding carboxylic acids is 1. The van der Waals surface area contributed by atoms with Gasteiger partial charge in [0.05, 0.1) is 5.69 Å². The Morgan fingerprint density at radius 2 is 1.86 bits per heavy atom. The molecule has 0 aliphatic carbocycles. The van der Waals surface area contributed by atoms with Crippen LogP contribution in [-0.2, 0) is 0 Å². The van der Waals surface area contributed by atoms with Crippen LogP contribution in [0, 0.1) is 0 Å². The lowest BCUT2D eigenvalue weighted by molar-refractivity contribution is 0.102. The Morgan fingerprint density at radius 1 is 1.05 bits per heavy atom. The first kappa shape index (κ1) is 13.4. The summed E-state index contributed by atoms with van der Waals surface area (Å²) < 4.78 is 1.66. The van der Waals surface area contributed by atoms with Gasteiger partial charge in [0, 0.05) is 16.9 Å². The van der Waals surface area contributed by atoms with Crippen molar-refractivity contribution in [1.29, 1.82) is 0 Å². The highest BCUT2D eigenvalue weighted by Crippen LogP contribution is 2.16. The van der Waals surface area contributed by atoms with Crippen LogP contribution < -0.4 is 5.32 Å². The Labute approximate surface area is 127 Å². The van der Waals surface area contributed by atoms with Crippen molar-refractivity contribution < 1.29 is 4.79 Å². The van der Waals surface area contributed by atoms with Gasteiger partial charge in [-0.15, -0.1) is 0 Å². The van der Waals surface area contributed by atoms with Gasteiger partial charge in [-0.05, 0) is 36.4 Å². The molecule has 0 radical (unpaired) electrons. The van der Waals surface area contributed by atoms with Gasteiger partial charge in [0.25, 0.3) is 5.91 Å². The maximum atomic E-state index is 12.1. The summed E-state index contributed by atoms with van der Waals surface area (Å²) in [5, 5.41) is 7.61. The van der Waals surface area contributed by atoms with Crippen LogP contribution in [0.15, 0.2) is 66.9 Å². The molecule has 0 bridgehead atoms. The van der Waals surface area contributed by atoms with E-state index in [0.29, 0.717) is 16.4 Å². The van der Waals surface area contributed by atoms with Gasteiger partial charge in [0.2, 0.25) is 0 Å². The highest BCUT2D eigenvalue weighted by molar-refractivity contribution is 6.30. The van der Waals surface area contributed by atoms with Crippen LogP contribution in [0.5, 0.6) is 0 Å². The third kappa shape index (κ3) is 3.12. The van der Waals surface area contributed by atoms with E-state index in [2.05, 4.69) is 10.4 Å². The van der Waals surface area contributed by atoms with Gasteiger partial charge < -0.3 is 5.32 Å². The number of rotatable bonds is 3. The zero-order chi connectivity index (χ0) is 14.7. The predicted octanol–water partition coefficient (Wildman–Crippen LogP) is 3.78. The summed E-state index contributed by atoms with van der Waals surface area (Å²) in [4.78, 5) is 12.1. The lowest BCUT2D eigenvalue weighted by Crippen LogP contribution is -2.13. The molecule has 104 valence electrons. The first-order valence-electron chi connectivity index (χ1n) is 6.40. The van der Waals surface area contributed by atoms with Gasteiger partial charge in [-0.1, -0.05) is 35.9 Å². The van der Waals surface area contributed by atoms with E-state index in [9.17, 15) is 4.79 Å².